The van der Waals surface area contributed by atoms with Crippen molar-refractivity contribution in [2.75, 3.05) is 20.2 Å². The highest BCUT2D eigenvalue weighted by molar-refractivity contribution is 6.30. The van der Waals surface area contributed by atoms with Crippen LogP contribution in [0.3, 0.4) is 0 Å². The third-order valence-corrected chi connectivity index (χ3v) is 6.16. The van der Waals surface area contributed by atoms with Crippen LogP contribution in [-0.2, 0) is 16.0 Å². The number of para-hydroxylation sites is 1. The number of methoxy groups -OCH3 is 1. The summed E-state index contributed by atoms with van der Waals surface area (Å²) < 4.78 is 19.9. The second-order valence-corrected chi connectivity index (χ2v) is 7.93. The number of hydrogen-bond acceptors (Lipinski definition) is 4. The third-order valence-electron chi connectivity index (χ3n) is 5.78. The largest absolute Gasteiger partial charge is 0.469 e. The quantitative estimate of drug-likeness (QED) is 0.506. The lowest BCUT2D eigenvalue weighted by Crippen LogP contribution is -2.41. The Hall–Kier alpha value is -2.44. The van der Waals surface area contributed by atoms with Crippen LogP contribution in [-0.4, -0.2) is 41.0 Å². The lowest BCUT2D eigenvalue weighted by Gasteiger charge is -2.38. The van der Waals surface area contributed by atoms with Crippen molar-refractivity contribution in [3.8, 4) is 0 Å². The van der Waals surface area contributed by atoms with Crippen molar-refractivity contribution in [3.05, 3.63) is 63.8 Å². The fourth-order valence-corrected chi connectivity index (χ4v) is 4.50. The Bertz CT molecular complexity index is 1080. The van der Waals surface area contributed by atoms with Crippen molar-refractivity contribution in [2.24, 2.45) is 5.92 Å². The number of fused-ring (bicyclic) bond motifs is 3. The van der Waals surface area contributed by atoms with Gasteiger partial charge in [0.1, 0.15) is 11.0 Å². The maximum Gasteiger partial charge on any atom is 0.309 e. The number of aromatic amines is 1. The van der Waals surface area contributed by atoms with Crippen LogP contribution in [0.25, 0.3) is 10.9 Å². The maximum atomic E-state index is 15.0. The van der Waals surface area contributed by atoms with E-state index in [-0.39, 0.29) is 17.0 Å². The van der Waals surface area contributed by atoms with Gasteiger partial charge in [-0.3, -0.25) is 9.69 Å². The van der Waals surface area contributed by atoms with E-state index in [1.165, 1.54) is 18.9 Å². The molecule has 29 heavy (non-hydrogen) atoms. The van der Waals surface area contributed by atoms with Gasteiger partial charge < -0.3 is 9.72 Å². The molecule has 0 spiro atoms. The highest BCUT2D eigenvalue weighted by Crippen LogP contribution is 2.41. The van der Waals surface area contributed by atoms with Crippen LogP contribution in [0.2, 0.25) is 5.15 Å². The van der Waals surface area contributed by atoms with Crippen molar-refractivity contribution in [1.82, 2.24) is 14.9 Å². The summed E-state index contributed by atoms with van der Waals surface area (Å²) in [5, 5.41) is 1.43. The van der Waals surface area contributed by atoms with Crippen LogP contribution >= 0.6 is 11.6 Å². The summed E-state index contributed by atoms with van der Waals surface area (Å²) in [6, 6.07) is 7.70. The number of ether oxygens (including phenoxy) is 1. The summed E-state index contributed by atoms with van der Waals surface area (Å²) in [5.41, 5.74) is 4.25. The van der Waals surface area contributed by atoms with Crippen LogP contribution in [0.5, 0.6) is 0 Å². The number of carbonyl (C=O) groups excluding carboxylic acids is 1. The number of carbonyl (C=O) groups is 1. The monoisotopic (exact) mass is 415 g/mol. The minimum atomic E-state index is -0.404. The fraction of sp³-hybridized carbons (Fsp3) is 0.364. The average molecular weight is 416 g/mol. The molecule has 3 heterocycles. The summed E-state index contributed by atoms with van der Waals surface area (Å²) >= 11 is 6.26. The van der Waals surface area contributed by atoms with Crippen LogP contribution < -0.4 is 0 Å². The first kappa shape index (κ1) is 19.9. The van der Waals surface area contributed by atoms with Gasteiger partial charge in [0.2, 0.25) is 0 Å². The van der Waals surface area contributed by atoms with Gasteiger partial charge in [-0.15, -0.1) is 0 Å². The molecule has 0 saturated heterocycles. The van der Waals surface area contributed by atoms with Crippen molar-refractivity contribution in [2.45, 2.75) is 26.3 Å². The number of aromatic nitrogens is 2. The van der Waals surface area contributed by atoms with Gasteiger partial charge in [-0.05, 0) is 30.5 Å². The minimum Gasteiger partial charge on any atom is -0.469 e. The van der Waals surface area contributed by atoms with E-state index < -0.39 is 11.9 Å². The molecule has 0 bridgehead atoms. The molecule has 0 radical (unpaired) electrons. The zero-order valence-electron chi connectivity index (χ0n) is 16.6. The summed E-state index contributed by atoms with van der Waals surface area (Å²) in [5.74, 6) is -1.02. The van der Waals surface area contributed by atoms with Gasteiger partial charge in [-0.1, -0.05) is 36.7 Å². The minimum absolute atomic E-state index is 0.281. The van der Waals surface area contributed by atoms with E-state index in [4.69, 9.17) is 16.3 Å². The molecule has 1 aromatic carbocycles. The molecule has 0 fully saturated rings. The van der Waals surface area contributed by atoms with E-state index in [9.17, 15) is 4.79 Å². The van der Waals surface area contributed by atoms with Crippen molar-refractivity contribution >= 4 is 28.5 Å². The van der Waals surface area contributed by atoms with Crippen molar-refractivity contribution < 1.29 is 13.9 Å². The molecule has 2 aromatic heterocycles. The van der Waals surface area contributed by atoms with E-state index in [1.807, 2.05) is 25.1 Å². The summed E-state index contributed by atoms with van der Waals surface area (Å²) in [4.78, 5) is 21.6. The molecule has 4 rings (SSSR count). The third kappa shape index (κ3) is 3.40. The second-order valence-electron chi connectivity index (χ2n) is 7.57. The van der Waals surface area contributed by atoms with E-state index >= 15 is 4.39 Å². The van der Waals surface area contributed by atoms with Crippen molar-refractivity contribution in [3.63, 3.8) is 0 Å². The van der Waals surface area contributed by atoms with Gasteiger partial charge in [0, 0.05) is 35.2 Å². The molecule has 5 nitrogen and oxygen atoms in total. The highest BCUT2D eigenvalue weighted by Gasteiger charge is 2.36. The number of nitrogens with zero attached hydrogens (tertiary/aromatic N) is 2. The second kappa shape index (κ2) is 7.76. The van der Waals surface area contributed by atoms with Crippen LogP contribution in [0.15, 0.2) is 30.5 Å². The Morgan fingerprint density at radius 3 is 2.97 bits per heavy atom. The predicted octanol–water partition coefficient (Wildman–Crippen LogP) is 4.42. The normalized spacial score (nSPS) is 17.9. The Morgan fingerprint density at radius 1 is 1.45 bits per heavy atom. The molecule has 7 heteroatoms. The van der Waals surface area contributed by atoms with Crippen molar-refractivity contribution in [1.29, 1.82) is 0 Å². The maximum absolute atomic E-state index is 15.0. The SMILES string of the molecule is COC(=O)C(C)CN1CCc2c([nH]c3ccccc23)C1c1c(F)cnc(Cl)c1C. The Kier molecular flexibility index (Phi) is 5.32. The number of pyridine rings is 1. The molecule has 0 saturated carbocycles. The first-order valence-corrected chi connectivity index (χ1v) is 10.0. The lowest BCUT2D eigenvalue weighted by atomic mass is 9.90. The number of esters is 1. The molecule has 2 atom stereocenters. The molecule has 0 amide bonds. The summed E-state index contributed by atoms with van der Waals surface area (Å²) in [6.45, 7) is 4.75. The predicted molar refractivity (Wildman–Crippen MR) is 111 cm³/mol. The summed E-state index contributed by atoms with van der Waals surface area (Å²) in [6.07, 6.45) is 1.98. The number of nitrogens with one attached hydrogen (secondary N) is 1. The number of hydrogen-bond donors (Lipinski definition) is 1. The van der Waals surface area contributed by atoms with Gasteiger partial charge >= 0.3 is 5.97 Å². The molecular formula is C22H23ClFN3O2. The Labute approximate surface area is 173 Å². The van der Waals surface area contributed by atoms with E-state index in [0.29, 0.717) is 24.2 Å². The molecule has 2 unspecified atom stereocenters. The Morgan fingerprint density at radius 2 is 2.21 bits per heavy atom. The topological polar surface area (TPSA) is 58.2 Å². The van der Waals surface area contributed by atoms with E-state index in [2.05, 4.69) is 20.9 Å². The molecule has 0 aliphatic carbocycles. The van der Waals surface area contributed by atoms with Crippen LogP contribution in [0, 0.1) is 18.7 Å². The lowest BCUT2D eigenvalue weighted by molar-refractivity contribution is -0.145. The molecule has 1 aliphatic heterocycles. The van der Waals surface area contributed by atoms with Crippen LogP contribution in [0.4, 0.5) is 4.39 Å². The van der Waals surface area contributed by atoms with Gasteiger partial charge in [-0.2, -0.15) is 0 Å². The molecule has 1 N–H and O–H groups in total. The molecular weight excluding hydrogens is 393 g/mol. The molecule has 1 aliphatic rings. The standard InChI is InChI=1S/C22H23ClFN3O2/c1-12(22(28)29-3)11-27-9-8-15-14-6-4-5-7-17(14)26-19(15)20(27)18-13(2)21(23)25-10-16(18)24/h4-7,10,12,20,26H,8-9,11H2,1-3H3. The fourth-order valence-electron chi connectivity index (χ4n) is 4.35. The summed E-state index contributed by atoms with van der Waals surface area (Å²) in [7, 11) is 1.38. The number of halogens is 2. The Balaban J connectivity index is 1.88. The van der Waals surface area contributed by atoms with Gasteiger partial charge in [0.05, 0.1) is 25.3 Å². The smallest absolute Gasteiger partial charge is 0.309 e. The first-order chi connectivity index (χ1) is 13.9. The molecule has 152 valence electrons. The van der Waals surface area contributed by atoms with Gasteiger partial charge in [0.15, 0.2) is 0 Å². The number of benzene rings is 1. The number of rotatable bonds is 4. The zero-order valence-corrected chi connectivity index (χ0v) is 17.4. The van der Waals surface area contributed by atoms with E-state index in [0.717, 1.165) is 23.0 Å². The zero-order chi connectivity index (χ0) is 20.7. The van der Waals surface area contributed by atoms with Gasteiger partial charge in [0.25, 0.3) is 0 Å². The van der Waals surface area contributed by atoms with Gasteiger partial charge in [-0.25, -0.2) is 9.37 Å². The average Bonchev–Trinajstić information content (AvgIpc) is 3.10. The number of H-pyrrole nitrogens is 1. The highest BCUT2D eigenvalue weighted by atomic mass is 35.5. The van der Waals surface area contributed by atoms with Crippen LogP contribution in [0.1, 0.15) is 35.3 Å². The first-order valence-electron chi connectivity index (χ1n) is 9.64. The van der Waals surface area contributed by atoms with E-state index in [1.54, 1.807) is 6.92 Å². The molecule has 3 aromatic rings.